The number of nitrogens with one attached hydrogen (secondary N) is 1. The largest absolute Gasteiger partial charge is 0.478 e. The smallest absolute Gasteiger partial charge is 0.337 e. The number of hydrogen-bond acceptors (Lipinski definition) is 2. The van der Waals surface area contributed by atoms with E-state index in [0.717, 1.165) is 10.8 Å². The van der Waals surface area contributed by atoms with Crippen LogP contribution in [0.15, 0.2) is 17.3 Å². The summed E-state index contributed by atoms with van der Waals surface area (Å²) >= 11 is 1.68. The Balaban J connectivity index is 2.33. The van der Waals surface area contributed by atoms with Crippen LogP contribution in [-0.4, -0.2) is 21.8 Å². The minimum atomic E-state index is -0.873. The third-order valence-electron chi connectivity index (χ3n) is 1.91. The molecule has 0 amide bonds. The maximum atomic E-state index is 10.6. The number of hydrogen-bond donors (Lipinski definition) is 2. The van der Waals surface area contributed by atoms with Crippen molar-refractivity contribution in [3.63, 3.8) is 0 Å². The van der Waals surface area contributed by atoms with E-state index in [0.29, 0.717) is 5.56 Å². The lowest BCUT2D eigenvalue weighted by atomic mass is 10.3. The molecule has 1 aromatic rings. The van der Waals surface area contributed by atoms with Crippen LogP contribution >= 0.6 is 11.8 Å². The lowest BCUT2D eigenvalue weighted by Crippen LogP contribution is -1.91. The summed E-state index contributed by atoms with van der Waals surface area (Å²) in [4.78, 5) is 13.5. The first kappa shape index (κ1) is 11.2. The summed E-state index contributed by atoms with van der Waals surface area (Å²) in [5, 5.41) is 9.62. The van der Waals surface area contributed by atoms with E-state index in [4.69, 9.17) is 5.11 Å². The Bertz CT molecular complexity index is 296. The summed E-state index contributed by atoms with van der Waals surface area (Å²) in [5.41, 5.74) is 0.336. The van der Waals surface area contributed by atoms with Gasteiger partial charge in [0, 0.05) is 6.20 Å². The maximum Gasteiger partial charge on any atom is 0.337 e. The van der Waals surface area contributed by atoms with Crippen LogP contribution in [0.4, 0.5) is 0 Å². The molecule has 0 aliphatic rings. The predicted octanol–water partition coefficient (Wildman–Crippen LogP) is 3.00. The SMILES string of the molecule is CCCCCSc1cc(C(=O)O)c[nH]1. The van der Waals surface area contributed by atoms with Crippen LogP contribution < -0.4 is 0 Å². The highest BCUT2D eigenvalue weighted by Crippen LogP contribution is 2.19. The van der Waals surface area contributed by atoms with E-state index in [2.05, 4.69) is 11.9 Å². The molecule has 3 nitrogen and oxygen atoms in total. The number of rotatable bonds is 6. The van der Waals surface area contributed by atoms with Crippen LogP contribution in [0.5, 0.6) is 0 Å². The standard InChI is InChI=1S/C10H15NO2S/c1-2-3-4-5-14-9-6-8(7-11-9)10(12)13/h6-7,11H,2-5H2,1H3,(H,12,13). The number of aromatic carboxylic acids is 1. The Morgan fingerprint density at radius 3 is 2.93 bits per heavy atom. The van der Waals surface area contributed by atoms with Crippen molar-refractivity contribution in [1.29, 1.82) is 0 Å². The molecule has 1 heterocycles. The second-order valence-electron chi connectivity index (χ2n) is 3.11. The first-order chi connectivity index (χ1) is 6.74. The summed E-state index contributed by atoms with van der Waals surface area (Å²) in [6.45, 7) is 2.17. The van der Waals surface area contributed by atoms with Crippen molar-refractivity contribution in [2.45, 2.75) is 31.2 Å². The van der Waals surface area contributed by atoms with E-state index in [1.165, 1.54) is 25.5 Å². The highest BCUT2D eigenvalue weighted by molar-refractivity contribution is 7.99. The number of carbonyl (C=O) groups is 1. The first-order valence-electron chi connectivity index (χ1n) is 4.78. The van der Waals surface area contributed by atoms with Crippen molar-refractivity contribution in [2.24, 2.45) is 0 Å². The summed E-state index contributed by atoms with van der Waals surface area (Å²) in [6, 6.07) is 1.68. The molecule has 2 N–H and O–H groups in total. The fraction of sp³-hybridized carbons (Fsp3) is 0.500. The number of thioether (sulfide) groups is 1. The number of carboxylic acids is 1. The van der Waals surface area contributed by atoms with Gasteiger partial charge in [-0.15, -0.1) is 11.8 Å². The van der Waals surface area contributed by atoms with E-state index in [9.17, 15) is 4.79 Å². The van der Waals surface area contributed by atoms with Crippen LogP contribution in [-0.2, 0) is 0 Å². The predicted molar refractivity (Wildman–Crippen MR) is 58.0 cm³/mol. The Hall–Kier alpha value is -0.900. The van der Waals surface area contributed by atoms with Gasteiger partial charge in [0.2, 0.25) is 0 Å². The second-order valence-corrected chi connectivity index (χ2v) is 4.25. The van der Waals surface area contributed by atoms with Crippen LogP contribution in [0.25, 0.3) is 0 Å². The topological polar surface area (TPSA) is 53.1 Å². The fourth-order valence-corrected chi connectivity index (χ4v) is 2.04. The van der Waals surface area contributed by atoms with Crippen LogP contribution in [0.2, 0.25) is 0 Å². The van der Waals surface area contributed by atoms with Gasteiger partial charge in [-0.3, -0.25) is 0 Å². The van der Waals surface area contributed by atoms with Crippen molar-refractivity contribution in [3.8, 4) is 0 Å². The molecule has 0 saturated heterocycles. The number of unbranched alkanes of at least 4 members (excludes halogenated alkanes) is 2. The van der Waals surface area contributed by atoms with Gasteiger partial charge < -0.3 is 10.1 Å². The lowest BCUT2D eigenvalue weighted by Gasteiger charge is -1.96. The molecule has 0 bridgehead atoms. The summed E-state index contributed by atoms with van der Waals surface area (Å²) in [7, 11) is 0. The van der Waals surface area contributed by atoms with E-state index in [1.54, 1.807) is 17.8 Å². The molecule has 1 rings (SSSR count). The van der Waals surface area contributed by atoms with E-state index < -0.39 is 5.97 Å². The van der Waals surface area contributed by atoms with E-state index in [-0.39, 0.29) is 0 Å². The van der Waals surface area contributed by atoms with Gasteiger partial charge in [0.1, 0.15) is 0 Å². The minimum Gasteiger partial charge on any atom is -0.478 e. The Morgan fingerprint density at radius 1 is 1.57 bits per heavy atom. The molecule has 0 saturated carbocycles. The first-order valence-corrected chi connectivity index (χ1v) is 5.77. The minimum absolute atomic E-state index is 0.336. The van der Waals surface area contributed by atoms with Crippen molar-refractivity contribution in [1.82, 2.24) is 4.98 Å². The third-order valence-corrected chi connectivity index (χ3v) is 2.95. The average Bonchev–Trinajstić information content (AvgIpc) is 2.61. The molecular weight excluding hydrogens is 198 g/mol. The maximum absolute atomic E-state index is 10.6. The summed E-state index contributed by atoms with van der Waals surface area (Å²) < 4.78 is 0. The van der Waals surface area contributed by atoms with Crippen molar-refractivity contribution in [2.75, 3.05) is 5.75 Å². The average molecular weight is 213 g/mol. The number of carboxylic acid groups (broad SMARTS) is 1. The van der Waals surface area contributed by atoms with Gasteiger partial charge in [-0.1, -0.05) is 19.8 Å². The molecule has 1 aromatic heterocycles. The Labute approximate surface area is 87.9 Å². The van der Waals surface area contributed by atoms with Gasteiger partial charge in [0.15, 0.2) is 0 Å². The molecule has 0 fully saturated rings. The van der Waals surface area contributed by atoms with E-state index in [1.807, 2.05) is 0 Å². The van der Waals surface area contributed by atoms with Crippen LogP contribution in [0, 0.1) is 0 Å². The third kappa shape index (κ3) is 3.46. The molecule has 0 aliphatic heterocycles. The van der Waals surface area contributed by atoms with Gasteiger partial charge in [0.25, 0.3) is 0 Å². The zero-order valence-electron chi connectivity index (χ0n) is 8.25. The van der Waals surface area contributed by atoms with Crippen LogP contribution in [0.1, 0.15) is 36.5 Å². The van der Waals surface area contributed by atoms with Crippen molar-refractivity contribution in [3.05, 3.63) is 17.8 Å². The van der Waals surface area contributed by atoms with Gasteiger partial charge in [0.05, 0.1) is 10.6 Å². The van der Waals surface area contributed by atoms with Gasteiger partial charge >= 0.3 is 5.97 Å². The zero-order chi connectivity index (χ0) is 10.4. The normalized spacial score (nSPS) is 10.4. The molecule has 0 spiro atoms. The highest BCUT2D eigenvalue weighted by Gasteiger charge is 2.05. The Kier molecular flexibility index (Phi) is 4.59. The molecule has 0 aliphatic carbocycles. The van der Waals surface area contributed by atoms with E-state index >= 15 is 0 Å². The zero-order valence-corrected chi connectivity index (χ0v) is 9.06. The molecule has 78 valence electrons. The molecular formula is C10H15NO2S. The van der Waals surface area contributed by atoms with Crippen molar-refractivity contribution < 1.29 is 9.90 Å². The fourth-order valence-electron chi connectivity index (χ4n) is 1.11. The van der Waals surface area contributed by atoms with Gasteiger partial charge in [-0.2, -0.15) is 0 Å². The second kappa shape index (κ2) is 5.75. The van der Waals surface area contributed by atoms with Crippen LogP contribution in [0.3, 0.4) is 0 Å². The molecule has 0 radical (unpaired) electrons. The molecule has 0 atom stereocenters. The molecule has 14 heavy (non-hydrogen) atoms. The Morgan fingerprint density at radius 2 is 2.36 bits per heavy atom. The molecule has 0 aromatic carbocycles. The number of aromatic amines is 1. The quantitative estimate of drug-likeness (QED) is 0.564. The number of aromatic nitrogens is 1. The summed E-state index contributed by atoms with van der Waals surface area (Å²) in [6.07, 6.45) is 5.16. The molecule has 4 heteroatoms. The van der Waals surface area contributed by atoms with Gasteiger partial charge in [-0.25, -0.2) is 4.79 Å². The summed E-state index contributed by atoms with van der Waals surface area (Å²) in [5.74, 6) is 0.176. The van der Waals surface area contributed by atoms with Gasteiger partial charge in [-0.05, 0) is 18.2 Å². The monoisotopic (exact) mass is 213 g/mol. The lowest BCUT2D eigenvalue weighted by molar-refractivity contribution is 0.0697. The van der Waals surface area contributed by atoms with Crippen molar-refractivity contribution >= 4 is 17.7 Å². The number of H-pyrrole nitrogens is 1. The highest BCUT2D eigenvalue weighted by atomic mass is 32.2. The molecule has 0 unspecified atom stereocenters.